The van der Waals surface area contributed by atoms with Crippen LogP contribution in [-0.4, -0.2) is 72.7 Å². The monoisotopic (exact) mass is 386 g/mol. The Morgan fingerprint density at radius 2 is 2.04 bits per heavy atom. The number of likely N-dealkylation sites (tertiary alicyclic amines) is 2. The molecule has 0 unspecified atom stereocenters. The molecule has 2 atom stereocenters. The van der Waals surface area contributed by atoms with E-state index in [1.165, 1.54) is 0 Å². The molecule has 28 heavy (non-hydrogen) atoms. The summed E-state index contributed by atoms with van der Waals surface area (Å²) in [4.78, 5) is 29.1. The Morgan fingerprint density at radius 1 is 1.25 bits per heavy atom. The molecule has 0 aromatic heterocycles. The summed E-state index contributed by atoms with van der Waals surface area (Å²) < 4.78 is 5.02. The number of nitrogens with zero attached hydrogens (tertiary/aromatic N) is 2. The number of aliphatic hydroxyl groups excluding tert-OH is 1. The smallest absolute Gasteiger partial charge is 0.246 e. The van der Waals surface area contributed by atoms with Crippen molar-refractivity contribution >= 4 is 17.9 Å². The normalized spacial score (nSPS) is 25.0. The van der Waals surface area contributed by atoms with E-state index in [-0.39, 0.29) is 29.9 Å². The van der Waals surface area contributed by atoms with E-state index in [0.29, 0.717) is 32.7 Å². The van der Waals surface area contributed by atoms with Crippen LogP contribution in [0.3, 0.4) is 0 Å². The maximum Gasteiger partial charge on any atom is 0.246 e. The largest absolute Gasteiger partial charge is 0.396 e. The van der Waals surface area contributed by atoms with E-state index in [1.54, 1.807) is 13.2 Å². The molecule has 3 rings (SSSR count). The lowest BCUT2D eigenvalue weighted by molar-refractivity contribution is -0.150. The van der Waals surface area contributed by atoms with Gasteiger partial charge in [-0.25, -0.2) is 0 Å². The molecule has 2 heterocycles. The first kappa shape index (κ1) is 20.6. The van der Waals surface area contributed by atoms with Gasteiger partial charge < -0.3 is 19.6 Å². The van der Waals surface area contributed by atoms with Crippen LogP contribution >= 0.6 is 0 Å². The third-order valence-electron chi connectivity index (χ3n) is 6.12. The summed E-state index contributed by atoms with van der Waals surface area (Å²) in [5, 5.41) is 10.2. The van der Waals surface area contributed by atoms with E-state index in [0.717, 1.165) is 24.8 Å². The SMILES string of the molecule is COCCC(=O)N1CC[C@@]2(CO)CCCN(C(=O)C=Cc3ccccc3)[C@@H]2C1. The quantitative estimate of drug-likeness (QED) is 0.759. The van der Waals surface area contributed by atoms with Gasteiger partial charge in [0.1, 0.15) is 0 Å². The summed E-state index contributed by atoms with van der Waals surface area (Å²) in [6.45, 7) is 2.21. The number of fused-ring (bicyclic) bond motifs is 1. The average Bonchev–Trinajstić information content (AvgIpc) is 2.75. The summed E-state index contributed by atoms with van der Waals surface area (Å²) in [5.41, 5.74) is 0.660. The van der Waals surface area contributed by atoms with E-state index in [2.05, 4.69) is 0 Å². The summed E-state index contributed by atoms with van der Waals surface area (Å²) in [6, 6.07) is 9.57. The van der Waals surface area contributed by atoms with Gasteiger partial charge in [-0.3, -0.25) is 9.59 Å². The third kappa shape index (κ3) is 4.45. The van der Waals surface area contributed by atoms with Crippen LogP contribution in [0.5, 0.6) is 0 Å². The number of ether oxygens (including phenoxy) is 1. The lowest BCUT2D eigenvalue weighted by Gasteiger charge is -2.54. The molecule has 0 bridgehead atoms. The zero-order chi connectivity index (χ0) is 20.0. The second-order valence-corrected chi connectivity index (χ2v) is 7.75. The summed E-state index contributed by atoms with van der Waals surface area (Å²) in [6.07, 6.45) is 6.26. The zero-order valence-corrected chi connectivity index (χ0v) is 16.5. The molecule has 0 radical (unpaired) electrons. The minimum absolute atomic E-state index is 0.0456. The predicted molar refractivity (Wildman–Crippen MR) is 107 cm³/mol. The number of carbonyl (C=O) groups is 2. The van der Waals surface area contributed by atoms with Gasteiger partial charge in [-0.1, -0.05) is 30.3 Å². The van der Waals surface area contributed by atoms with E-state index in [1.807, 2.05) is 46.2 Å². The van der Waals surface area contributed by atoms with Crippen molar-refractivity contribution in [3.63, 3.8) is 0 Å². The van der Waals surface area contributed by atoms with Crippen LogP contribution in [0.25, 0.3) is 6.08 Å². The molecule has 2 fully saturated rings. The van der Waals surface area contributed by atoms with Crippen LogP contribution in [0.15, 0.2) is 36.4 Å². The van der Waals surface area contributed by atoms with Crippen molar-refractivity contribution in [1.29, 1.82) is 0 Å². The molecule has 6 heteroatoms. The highest BCUT2D eigenvalue weighted by Crippen LogP contribution is 2.42. The van der Waals surface area contributed by atoms with Crippen LogP contribution in [-0.2, 0) is 14.3 Å². The Bertz CT molecular complexity index is 706. The maximum absolute atomic E-state index is 13.0. The fraction of sp³-hybridized carbons (Fsp3) is 0.545. The van der Waals surface area contributed by atoms with Crippen LogP contribution in [0, 0.1) is 5.41 Å². The van der Waals surface area contributed by atoms with Crippen LogP contribution in [0.4, 0.5) is 0 Å². The van der Waals surface area contributed by atoms with Crippen molar-refractivity contribution in [2.24, 2.45) is 5.41 Å². The topological polar surface area (TPSA) is 70.1 Å². The number of carbonyl (C=O) groups excluding carboxylic acids is 2. The summed E-state index contributed by atoms with van der Waals surface area (Å²) in [5.74, 6) is -0.0104. The van der Waals surface area contributed by atoms with Gasteiger partial charge >= 0.3 is 0 Å². The van der Waals surface area contributed by atoms with E-state index >= 15 is 0 Å². The Kier molecular flexibility index (Phi) is 6.86. The number of aliphatic hydroxyl groups is 1. The second-order valence-electron chi connectivity index (χ2n) is 7.75. The van der Waals surface area contributed by atoms with Gasteiger partial charge in [0, 0.05) is 38.2 Å². The molecule has 0 aliphatic carbocycles. The van der Waals surface area contributed by atoms with E-state index in [4.69, 9.17) is 4.74 Å². The van der Waals surface area contributed by atoms with E-state index < -0.39 is 0 Å². The number of piperidine rings is 2. The molecule has 2 aliphatic heterocycles. The number of methoxy groups -OCH3 is 1. The minimum atomic E-state index is -0.313. The van der Waals surface area contributed by atoms with Crippen LogP contribution in [0.2, 0.25) is 0 Å². The van der Waals surface area contributed by atoms with E-state index in [9.17, 15) is 14.7 Å². The van der Waals surface area contributed by atoms with Crippen molar-refractivity contribution in [2.45, 2.75) is 31.7 Å². The standard InChI is InChI=1S/C22H30N2O4/c1-28-15-10-20(26)23-14-12-22(17-25)11-5-13-24(19(22)16-23)21(27)9-8-18-6-3-2-4-7-18/h2-4,6-9,19,25H,5,10-17H2,1H3/t19-,22-/m1/s1. The molecule has 0 spiro atoms. The predicted octanol–water partition coefficient (Wildman–Crippen LogP) is 1.94. The van der Waals surface area contributed by atoms with Crippen molar-refractivity contribution < 1.29 is 19.4 Å². The Hall–Kier alpha value is -2.18. The first-order chi connectivity index (χ1) is 13.6. The lowest BCUT2D eigenvalue weighted by Crippen LogP contribution is -2.64. The molecule has 152 valence electrons. The van der Waals surface area contributed by atoms with Crippen molar-refractivity contribution in [1.82, 2.24) is 9.80 Å². The van der Waals surface area contributed by atoms with Crippen molar-refractivity contribution in [3.05, 3.63) is 42.0 Å². The highest BCUT2D eigenvalue weighted by atomic mass is 16.5. The zero-order valence-electron chi connectivity index (χ0n) is 16.5. The van der Waals surface area contributed by atoms with Crippen LogP contribution < -0.4 is 0 Å². The molecule has 0 saturated carbocycles. The van der Waals surface area contributed by atoms with Crippen LogP contribution in [0.1, 0.15) is 31.2 Å². The Morgan fingerprint density at radius 3 is 2.75 bits per heavy atom. The van der Waals surface area contributed by atoms with Gasteiger partial charge in [0.2, 0.25) is 11.8 Å². The van der Waals surface area contributed by atoms with Crippen molar-refractivity contribution in [2.75, 3.05) is 40.0 Å². The van der Waals surface area contributed by atoms with Gasteiger partial charge in [0.05, 0.1) is 25.7 Å². The molecule has 1 aromatic rings. The molecule has 2 amide bonds. The first-order valence-electron chi connectivity index (χ1n) is 10.0. The number of rotatable bonds is 6. The van der Waals surface area contributed by atoms with Crippen molar-refractivity contribution in [3.8, 4) is 0 Å². The van der Waals surface area contributed by atoms with Gasteiger partial charge in [-0.15, -0.1) is 0 Å². The number of hydrogen-bond acceptors (Lipinski definition) is 4. The molecule has 2 aliphatic rings. The van der Waals surface area contributed by atoms with Gasteiger partial charge in [-0.05, 0) is 30.9 Å². The first-order valence-corrected chi connectivity index (χ1v) is 10.0. The molecular weight excluding hydrogens is 356 g/mol. The molecule has 1 N–H and O–H groups in total. The minimum Gasteiger partial charge on any atom is -0.396 e. The number of hydrogen-bond donors (Lipinski definition) is 1. The molecule has 6 nitrogen and oxygen atoms in total. The highest BCUT2D eigenvalue weighted by molar-refractivity contribution is 5.92. The summed E-state index contributed by atoms with van der Waals surface area (Å²) >= 11 is 0. The molecule has 1 aromatic carbocycles. The second kappa shape index (κ2) is 9.34. The number of benzene rings is 1. The fourth-order valence-electron chi connectivity index (χ4n) is 4.42. The number of amides is 2. The van der Waals surface area contributed by atoms with Gasteiger partial charge in [-0.2, -0.15) is 0 Å². The fourth-order valence-corrected chi connectivity index (χ4v) is 4.42. The maximum atomic E-state index is 13.0. The van der Waals surface area contributed by atoms with Gasteiger partial charge in [0.25, 0.3) is 0 Å². The molecule has 2 saturated heterocycles. The Balaban J connectivity index is 1.75. The van der Waals surface area contributed by atoms with Gasteiger partial charge in [0.15, 0.2) is 0 Å². The molecular formula is C22H30N2O4. The average molecular weight is 386 g/mol. The Labute approximate surface area is 166 Å². The third-order valence-corrected chi connectivity index (χ3v) is 6.12. The lowest BCUT2D eigenvalue weighted by atomic mass is 9.69. The highest BCUT2D eigenvalue weighted by Gasteiger charge is 2.49. The summed E-state index contributed by atoms with van der Waals surface area (Å²) in [7, 11) is 1.58.